The van der Waals surface area contributed by atoms with E-state index >= 15 is 0 Å². The molecule has 1 amide bonds. The maximum absolute atomic E-state index is 13.0. The maximum atomic E-state index is 13.0. The quantitative estimate of drug-likeness (QED) is 0.413. The Kier molecular flexibility index (Phi) is 6.66. The molecule has 0 spiro atoms. The van der Waals surface area contributed by atoms with E-state index in [0.717, 1.165) is 11.1 Å². The molecule has 1 aliphatic heterocycles. The highest BCUT2D eigenvalue weighted by Gasteiger charge is 2.43. The Hall–Kier alpha value is -2.50. The lowest BCUT2D eigenvalue weighted by Gasteiger charge is -2.35. The monoisotopic (exact) mass is 418 g/mol. The molecule has 0 aromatic carbocycles. The summed E-state index contributed by atoms with van der Waals surface area (Å²) in [6.45, 7) is 2.67. The van der Waals surface area contributed by atoms with Crippen LogP contribution in [0.5, 0.6) is 0 Å². The number of rotatable bonds is 7. The number of carbonyl (C=O) groups excluding carboxylic acids is 2. The number of aromatic nitrogens is 1. The fourth-order valence-corrected chi connectivity index (χ4v) is 2.61. The van der Waals surface area contributed by atoms with E-state index in [1.165, 1.54) is 28.0 Å². The molecule has 0 aliphatic carbocycles. The minimum Gasteiger partial charge on any atom is -0.508 e. The fraction of sp³-hybridized carbons (Fsp3) is 0.500. The number of likely N-dealkylation sites (N-methyl/N-ethyl adjacent to an activating group) is 1. The van der Waals surface area contributed by atoms with Gasteiger partial charge < -0.3 is 14.6 Å². The zero-order chi connectivity index (χ0) is 22.0. The SMILES string of the molecule is COCCOCc1nc(C(F)(F)F)ccc1C(=O)C1=C(O)C(C)(C)ON(C)C1=O. The van der Waals surface area contributed by atoms with Crippen LogP contribution in [0.15, 0.2) is 23.5 Å². The molecule has 11 heteroatoms. The number of methoxy groups -OCH3 is 1. The van der Waals surface area contributed by atoms with Crippen molar-refractivity contribution in [3.8, 4) is 0 Å². The first-order valence-electron chi connectivity index (χ1n) is 8.49. The van der Waals surface area contributed by atoms with Crippen molar-refractivity contribution in [3.63, 3.8) is 0 Å². The number of aliphatic hydroxyl groups is 1. The Bertz CT molecular complexity index is 835. The van der Waals surface area contributed by atoms with Gasteiger partial charge in [-0.3, -0.25) is 14.4 Å². The molecule has 1 aromatic rings. The van der Waals surface area contributed by atoms with Gasteiger partial charge in [0.2, 0.25) is 5.78 Å². The number of halogens is 3. The van der Waals surface area contributed by atoms with Crippen LogP contribution in [0.3, 0.4) is 0 Å². The number of hydroxylamine groups is 2. The molecule has 1 aliphatic rings. The van der Waals surface area contributed by atoms with Crippen molar-refractivity contribution in [2.45, 2.75) is 32.2 Å². The van der Waals surface area contributed by atoms with Crippen molar-refractivity contribution in [2.75, 3.05) is 27.4 Å². The fourth-order valence-electron chi connectivity index (χ4n) is 2.61. The maximum Gasteiger partial charge on any atom is 0.433 e. The highest BCUT2D eigenvalue weighted by Crippen LogP contribution is 2.32. The molecule has 2 heterocycles. The lowest BCUT2D eigenvalue weighted by atomic mass is 9.93. The molecule has 0 atom stereocenters. The van der Waals surface area contributed by atoms with Crippen LogP contribution in [-0.2, 0) is 31.9 Å². The van der Waals surface area contributed by atoms with Crippen molar-refractivity contribution >= 4 is 11.7 Å². The number of alkyl halides is 3. The van der Waals surface area contributed by atoms with E-state index in [-0.39, 0.29) is 24.5 Å². The van der Waals surface area contributed by atoms with Crippen molar-refractivity contribution in [1.82, 2.24) is 10.0 Å². The topological polar surface area (TPSA) is 98.2 Å². The number of hydrogen-bond acceptors (Lipinski definition) is 7. The minimum absolute atomic E-state index is 0.0541. The second-order valence-corrected chi connectivity index (χ2v) is 6.69. The lowest BCUT2D eigenvalue weighted by Crippen LogP contribution is -2.47. The van der Waals surface area contributed by atoms with Crippen LogP contribution in [0, 0.1) is 0 Å². The van der Waals surface area contributed by atoms with Gasteiger partial charge in [-0.05, 0) is 26.0 Å². The number of Topliss-reactive ketones (excluding diaryl/α,β-unsaturated/α-hetero) is 1. The second-order valence-electron chi connectivity index (χ2n) is 6.69. The van der Waals surface area contributed by atoms with E-state index < -0.39 is 47.1 Å². The van der Waals surface area contributed by atoms with Gasteiger partial charge in [-0.1, -0.05) is 0 Å². The zero-order valence-corrected chi connectivity index (χ0v) is 16.3. The molecule has 1 N–H and O–H groups in total. The Morgan fingerprint density at radius 1 is 1.31 bits per heavy atom. The third-order valence-corrected chi connectivity index (χ3v) is 4.08. The van der Waals surface area contributed by atoms with Crippen molar-refractivity contribution in [3.05, 3.63) is 40.4 Å². The van der Waals surface area contributed by atoms with Gasteiger partial charge in [0.15, 0.2) is 0 Å². The third-order valence-electron chi connectivity index (χ3n) is 4.08. The average molecular weight is 418 g/mol. The number of ether oxygens (including phenoxy) is 2. The number of carbonyl (C=O) groups is 2. The molecule has 1 aromatic heterocycles. The highest BCUT2D eigenvalue weighted by atomic mass is 19.4. The molecular formula is C18H21F3N2O6. The van der Waals surface area contributed by atoms with Crippen LogP contribution in [0.25, 0.3) is 0 Å². The summed E-state index contributed by atoms with van der Waals surface area (Å²) in [6.07, 6.45) is -4.74. The van der Waals surface area contributed by atoms with Crippen molar-refractivity contribution in [1.29, 1.82) is 0 Å². The Balaban J connectivity index is 2.51. The predicted molar refractivity (Wildman–Crippen MR) is 92.7 cm³/mol. The zero-order valence-electron chi connectivity index (χ0n) is 16.3. The average Bonchev–Trinajstić information content (AvgIpc) is 2.62. The lowest BCUT2D eigenvalue weighted by molar-refractivity contribution is -0.222. The summed E-state index contributed by atoms with van der Waals surface area (Å²) in [5, 5.41) is 11.2. The smallest absolute Gasteiger partial charge is 0.433 e. The van der Waals surface area contributed by atoms with Crippen molar-refractivity contribution < 1.29 is 42.2 Å². The summed E-state index contributed by atoms with van der Waals surface area (Å²) in [4.78, 5) is 34.1. The van der Waals surface area contributed by atoms with Gasteiger partial charge in [-0.25, -0.2) is 10.0 Å². The summed E-state index contributed by atoms with van der Waals surface area (Å²) in [5.41, 5.74) is -3.82. The molecular weight excluding hydrogens is 397 g/mol. The van der Waals surface area contributed by atoms with Gasteiger partial charge in [0, 0.05) is 19.7 Å². The second kappa shape index (κ2) is 8.47. The van der Waals surface area contributed by atoms with Crippen LogP contribution in [0.2, 0.25) is 0 Å². The van der Waals surface area contributed by atoms with Crippen LogP contribution < -0.4 is 0 Å². The van der Waals surface area contributed by atoms with Gasteiger partial charge in [0.1, 0.15) is 22.6 Å². The standard InChI is InChI=1S/C18H21F3N2O6/c1-17(2)15(25)13(16(26)23(3)29-17)14(24)10-5-6-12(18(19,20)21)22-11(10)9-28-8-7-27-4/h5-6,25H,7-9H2,1-4H3. The molecule has 29 heavy (non-hydrogen) atoms. The Labute approximate surface area is 164 Å². The van der Waals surface area contributed by atoms with E-state index in [1.54, 1.807) is 0 Å². The van der Waals surface area contributed by atoms with E-state index in [0.29, 0.717) is 6.07 Å². The summed E-state index contributed by atoms with van der Waals surface area (Å²) in [5.74, 6) is -2.54. The highest BCUT2D eigenvalue weighted by molar-refractivity contribution is 6.26. The van der Waals surface area contributed by atoms with Gasteiger partial charge >= 0.3 is 6.18 Å². The van der Waals surface area contributed by atoms with E-state index in [4.69, 9.17) is 14.3 Å². The van der Waals surface area contributed by atoms with Gasteiger partial charge in [0.05, 0.1) is 25.5 Å². The predicted octanol–water partition coefficient (Wildman–Crippen LogP) is 2.44. The van der Waals surface area contributed by atoms with Gasteiger partial charge in [0.25, 0.3) is 5.91 Å². The summed E-state index contributed by atoms with van der Waals surface area (Å²) in [6, 6.07) is 1.53. The van der Waals surface area contributed by atoms with E-state index in [1.807, 2.05) is 0 Å². The Morgan fingerprint density at radius 2 is 1.97 bits per heavy atom. The number of pyridine rings is 1. The number of aliphatic hydroxyl groups excluding tert-OH is 1. The number of amides is 1. The molecule has 2 rings (SSSR count). The summed E-state index contributed by atoms with van der Waals surface area (Å²) < 4.78 is 49.1. The summed E-state index contributed by atoms with van der Waals surface area (Å²) >= 11 is 0. The van der Waals surface area contributed by atoms with Crippen LogP contribution in [-0.4, -0.2) is 59.8 Å². The minimum atomic E-state index is -4.74. The largest absolute Gasteiger partial charge is 0.508 e. The molecule has 0 unspecified atom stereocenters. The molecule has 0 radical (unpaired) electrons. The van der Waals surface area contributed by atoms with E-state index in [9.17, 15) is 27.9 Å². The third kappa shape index (κ3) is 4.92. The first kappa shape index (κ1) is 22.8. The molecule has 0 saturated heterocycles. The van der Waals surface area contributed by atoms with Gasteiger partial charge in [-0.2, -0.15) is 13.2 Å². The normalized spacial score (nSPS) is 17.1. The van der Waals surface area contributed by atoms with Crippen LogP contribution >= 0.6 is 0 Å². The molecule has 0 saturated carbocycles. The molecule has 8 nitrogen and oxygen atoms in total. The first-order valence-corrected chi connectivity index (χ1v) is 8.49. The molecule has 160 valence electrons. The number of nitrogens with zero attached hydrogens (tertiary/aromatic N) is 2. The van der Waals surface area contributed by atoms with E-state index in [2.05, 4.69) is 4.98 Å². The van der Waals surface area contributed by atoms with Crippen molar-refractivity contribution in [2.24, 2.45) is 0 Å². The molecule has 0 fully saturated rings. The summed E-state index contributed by atoms with van der Waals surface area (Å²) in [7, 11) is 2.68. The number of hydrogen-bond donors (Lipinski definition) is 1. The van der Waals surface area contributed by atoms with Crippen LogP contribution in [0.1, 0.15) is 35.6 Å². The van der Waals surface area contributed by atoms with Crippen LogP contribution in [0.4, 0.5) is 13.2 Å². The molecule has 0 bridgehead atoms. The van der Waals surface area contributed by atoms with Gasteiger partial charge in [-0.15, -0.1) is 0 Å². The number of ketones is 1. The first-order chi connectivity index (χ1) is 13.4. The Morgan fingerprint density at radius 3 is 2.55 bits per heavy atom.